The number of halogens is 1. The molecule has 0 unspecified atom stereocenters. The third kappa shape index (κ3) is 2.62. The monoisotopic (exact) mass is 290 g/mol. The number of nitrogens with one attached hydrogen (secondary N) is 1. The highest BCUT2D eigenvalue weighted by molar-refractivity contribution is 6.36. The number of rotatable bonds is 4. The molecule has 0 aliphatic rings. The number of hydrogen-bond donors (Lipinski definition) is 1. The fraction of sp³-hybridized carbons (Fsp3) is 0.471. The smallest absolute Gasteiger partial charge is 0.0770 e. The molecule has 20 heavy (non-hydrogen) atoms. The number of aromatic nitrogens is 1. The van der Waals surface area contributed by atoms with Crippen LogP contribution in [0.4, 0.5) is 5.69 Å². The average molecular weight is 291 g/mol. The zero-order valence-electron chi connectivity index (χ0n) is 13.0. The van der Waals surface area contributed by atoms with Gasteiger partial charge in [0.2, 0.25) is 0 Å². The first-order valence-electron chi connectivity index (χ1n) is 7.30. The first kappa shape index (κ1) is 15.1. The first-order chi connectivity index (χ1) is 9.47. The molecule has 0 saturated heterocycles. The van der Waals surface area contributed by atoms with Crippen LogP contribution in [0.2, 0.25) is 5.02 Å². The van der Waals surface area contributed by atoms with Gasteiger partial charge in [0.05, 0.1) is 16.2 Å². The highest BCUT2D eigenvalue weighted by atomic mass is 35.5. The molecule has 2 nitrogen and oxygen atoms in total. The Hall–Kier alpha value is -1.28. The molecule has 1 aromatic heterocycles. The molecule has 0 aliphatic heterocycles. The molecule has 0 amide bonds. The maximum Gasteiger partial charge on any atom is 0.0770 e. The summed E-state index contributed by atoms with van der Waals surface area (Å²) in [5.74, 6) is 0.419. The van der Waals surface area contributed by atoms with E-state index in [2.05, 4.69) is 39.9 Å². The lowest BCUT2D eigenvalue weighted by Crippen LogP contribution is -2.08. The Morgan fingerprint density at radius 2 is 1.95 bits per heavy atom. The van der Waals surface area contributed by atoms with Crippen LogP contribution in [0.25, 0.3) is 10.9 Å². The summed E-state index contributed by atoms with van der Waals surface area (Å²) < 4.78 is 0. The van der Waals surface area contributed by atoms with E-state index >= 15 is 0 Å². The van der Waals surface area contributed by atoms with Crippen LogP contribution in [0.3, 0.4) is 0 Å². The normalized spacial score (nSPS) is 11.3. The molecular formula is C17H23ClN2. The fourth-order valence-electron chi connectivity index (χ4n) is 2.74. The lowest BCUT2D eigenvalue weighted by molar-refractivity contribution is 0.844. The highest BCUT2D eigenvalue weighted by Gasteiger charge is 2.18. The Morgan fingerprint density at radius 1 is 1.25 bits per heavy atom. The number of benzene rings is 1. The first-order valence-corrected chi connectivity index (χ1v) is 7.68. The van der Waals surface area contributed by atoms with Crippen LogP contribution in [-0.4, -0.2) is 11.5 Å². The van der Waals surface area contributed by atoms with Gasteiger partial charge in [-0.3, -0.25) is 4.98 Å². The zero-order chi connectivity index (χ0) is 14.9. The largest absolute Gasteiger partial charge is 0.384 e. The van der Waals surface area contributed by atoms with Crippen molar-refractivity contribution in [2.75, 3.05) is 11.9 Å². The molecule has 1 N–H and O–H groups in total. The van der Waals surface area contributed by atoms with Gasteiger partial charge in [-0.25, -0.2) is 0 Å². The Labute approximate surface area is 126 Å². The van der Waals surface area contributed by atoms with E-state index in [9.17, 15) is 0 Å². The van der Waals surface area contributed by atoms with Crippen molar-refractivity contribution in [3.05, 3.63) is 34.0 Å². The van der Waals surface area contributed by atoms with Gasteiger partial charge in [-0.2, -0.15) is 0 Å². The van der Waals surface area contributed by atoms with Crippen molar-refractivity contribution in [2.45, 2.75) is 47.0 Å². The van der Waals surface area contributed by atoms with Crippen LogP contribution >= 0.6 is 11.6 Å². The van der Waals surface area contributed by atoms with E-state index in [1.54, 1.807) is 0 Å². The second kappa shape index (κ2) is 6.01. The minimum atomic E-state index is 0.419. The van der Waals surface area contributed by atoms with Gasteiger partial charge in [0.25, 0.3) is 0 Å². The van der Waals surface area contributed by atoms with Crippen LogP contribution in [0.1, 0.15) is 49.9 Å². The Morgan fingerprint density at radius 3 is 2.55 bits per heavy atom. The summed E-state index contributed by atoms with van der Waals surface area (Å²) in [5.41, 5.74) is 5.72. The standard InChI is InChI=1S/C17H23ClN2/c1-6-9-19-17-14(10(2)3)12(5)20-16-11(4)7-8-13(18)15(16)17/h7-8,10H,6,9H2,1-5H3,(H,19,20). The average Bonchev–Trinajstić information content (AvgIpc) is 2.39. The molecule has 0 aliphatic carbocycles. The minimum Gasteiger partial charge on any atom is -0.384 e. The highest BCUT2D eigenvalue weighted by Crippen LogP contribution is 2.38. The maximum absolute atomic E-state index is 6.46. The van der Waals surface area contributed by atoms with E-state index in [-0.39, 0.29) is 0 Å². The third-order valence-corrected chi connectivity index (χ3v) is 3.96. The SMILES string of the molecule is CCCNc1c(C(C)C)c(C)nc2c(C)ccc(Cl)c12. The third-order valence-electron chi connectivity index (χ3n) is 3.65. The molecule has 108 valence electrons. The molecule has 2 rings (SSSR count). The predicted octanol–water partition coefficient (Wildman–Crippen LogP) is 5.45. The van der Waals surface area contributed by atoms with Crippen molar-refractivity contribution in [3.8, 4) is 0 Å². The van der Waals surface area contributed by atoms with Crippen molar-refractivity contribution in [1.82, 2.24) is 4.98 Å². The molecule has 0 saturated carbocycles. The van der Waals surface area contributed by atoms with Gasteiger partial charge < -0.3 is 5.32 Å². The molecule has 0 bridgehead atoms. The summed E-state index contributed by atoms with van der Waals surface area (Å²) >= 11 is 6.46. The van der Waals surface area contributed by atoms with Crippen molar-refractivity contribution in [1.29, 1.82) is 0 Å². The van der Waals surface area contributed by atoms with Crippen molar-refractivity contribution < 1.29 is 0 Å². The van der Waals surface area contributed by atoms with E-state index in [0.717, 1.165) is 40.3 Å². The molecule has 0 spiro atoms. The van der Waals surface area contributed by atoms with Crippen molar-refractivity contribution in [3.63, 3.8) is 0 Å². The summed E-state index contributed by atoms with van der Waals surface area (Å²) in [6.07, 6.45) is 1.09. The maximum atomic E-state index is 6.46. The molecule has 1 aromatic carbocycles. The van der Waals surface area contributed by atoms with Gasteiger partial charge in [-0.05, 0) is 43.4 Å². The zero-order valence-corrected chi connectivity index (χ0v) is 13.7. The molecule has 2 aromatic rings. The Kier molecular flexibility index (Phi) is 4.54. The lowest BCUT2D eigenvalue weighted by Gasteiger charge is -2.20. The van der Waals surface area contributed by atoms with Crippen LogP contribution in [-0.2, 0) is 0 Å². The number of nitrogens with zero attached hydrogens (tertiary/aromatic N) is 1. The number of hydrogen-bond acceptors (Lipinski definition) is 2. The molecule has 3 heteroatoms. The molecule has 0 radical (unpaired) electrons. The fourth-order valence-corrected chi connectivity index (χ4v) is 2.98. The van der Waals surface area contributed by atoms with Crippen LogP contribution in [0.5, 0.6) is 0 Å². The van der Waals surface area contributed by atoms with Crippen LogP contribution < -0.4 is 5.32 Å². The number of fused-ring (bicyclic) bond motifs is 1. The van der Waals surface area contributed by atoms with Gasteiger partial charge in [-0.1, -0.05) is 38.4 Å². The summed E-state index contributed by atoms with van der Waals surface area (Å²) in [4.78, 5) is 4.80. The Balaban J connectivity index is 2.84. The molecule has 0 atom stereocenters. The lowest BCUT2D eigenvalue weighted by atomic mass is 9.95. The van der Waals surface area contributed by atoms with E-state index in [1.807, 2.05) is 12.1 Å². The molecular weight excluding hydrogens is 268 g/mol. The van der Waals surface area contributed by atoms with E-state index in [0.29, 0.717) is 5.92 Å². The number of anilines is 1. The van der Waals surface area contributed by atoms with E-state index in [4.69, 9.17) is 16.6 Å². The molecule has 0 fully saturated rings. The number of pyridine rings is 1. The predicted molar refractivity (Wildman–Crippen MR) is 89.1 cm³/mol. The van der Waals surface area contributed by atoms with Crippen LogP contribution in [0, 0.1) is 13.8 Å². The number of aryl methyl sites for hydroxylation is 2. The summed E-state index contributed by atoms with van der Waals surface area (Å²) in [6.45, 7) is 11.7. The summed E-state index contributed by atoms with van der Waals surface area (Å²) in [6, 6.07) is 4.01. The van der Waals surface area contributed by atoms with Gasteiger partial charge in [0.15, 0.2) is 0 Å². The van der Waals surface area contributed by atoms with E-state index < -0.39 is 0 Å². The second-order valence-corrected chi connectivity index (χ2v) is 6.06. The van der Waals surface area contributed by atoms with Gasteiger partial charge in [0, 0.05) is 17.6 Å². The second-order valence-electron chi connectivity index (χ2n) is 5.66. The topological polar surface area (TPSA) is 24.9 Å². The summed E-state index contributed by atoms with van der Waals surface area (Å²) in [7, 11) is 0. The minimum absolute atomic E-state index is 0.419. The molecule has 1 heterocycles. The quantitative estimate of drug-likeness (QED) is 0.810. The van der Waals surface area contributed by atoms with Gasteiger partial charge >= 0.3 is 0 Å². The van der Waals surface area contributed by atoms with Crippen molar-refractivity contribution >= 4 is 28.2 Å². The van der Waals surface area contributed by atoms with Gasteiger partial charge in [0.1, 0.15) is 0 Å². The van der Waals surface area contributed by atoms with Crippen LogP contribution in [0.15, 0.2) is 12.1 Å². The summed E-state index contributed by atoms with van der Waals surface area (Å²) in [5, 5.41) is 5.41. The van der Waals surface area contributed by atoms with Gasteiger partial charge in [-0.15, -0.1) is 0 Å². The Bertz CT molecular complexity index is 633. The van der Waals surface area contributed by atoms with E-state index in [1.165, 1.54) is 11.1 Å². The van der Waals surface area contributed by atoms with Crippen molar-refractivity contribution in [2.24, 2.45) is 0 Å².